The SMILES string of the molecule is CC(C(=O)Nc1ccccc1C(=O)O)c1ccccc1O. The van der Waals surface area contributed by atoms with Gasteiger partial charge in [0.25, 0.3) is 0 Å². The lowest BCUT2D eigenvalue weighted by atomic mass is 9.99. The van der Waals surface area contributed by atoms with Gasteiger partial charge in [0.2, 0.25) is 5.91 Å². The summed E-state index contributed by atoms with van der Waals surface area (Å²) in [6, 6.07) is 12.7. The van der Waals surface area contributed by atoms with E-state index in [1.54, 1.807) is 37.3 Å². The number of carbonyl (C=O) groups excluding carboxylic acids is 1. The molecule has 0 radical (unpaired) electrons. The molecular weight excluding hydrogens is 270 g/mol. The van der Waals surface area contributed by atoms with Crippen molar-refractivity contribution in [3.05, 3.63) is 59.7 Å². The molecule has 5 heteroatoms. The molecule has 3 N–H and O–H groups in total. The molecule has 5 nitrogen and oxygen atoms in total. The first kappa shape index (κ1) is 14.6. The van der Waals surface area contributed by atoms with Crippen molar-refractivity contribution in [2.45, 2.75) is 12.8 Å². The summed E-state index contributed by atoms with van der Waals surface area (Å²) in [5, 5.41) is 21.4. The topological polar surface area (TPSA) is 86.6 Å². The second kappa shape index (κ2) is 6.09. The zero-order valence-electron chi connectivity index (χ0n) is 11.4. The van der Waals surface area contributed by atoms with E-state index in [-0.39, 0.29) is 22.9 Å². The maximum atomic E-state index is 12.2. The van der Waals surface area contributed by atoms with E-state index in [1.807, 2.05) is 0 Å². The molecule has 0 saturated heterocycles. The quantitative estimate of drug-likeness (QED) is 0.806. The molecular formula is C16H15NO4. The zero-order chi connectivity index (χ0) is 15.4. The van der Waals surface area contributed by atoms with Gasteiger partial charge >= 0.3 is 5.97 Å². The Bertz CT molecular complexity index is 681. The summed E-state index contributed by atoms with van der Waals surface area (Å²) < 4.78 is 0. The number of phenolic OH excluding ortho intramolecular Hbond substituents is 1. The van der Waals surface area contributed by atoms with Gasteiger partial charge in [-0.1, -0.05) is 30.3 Å². The van der Waals surface area contributed by atoms with E-state index >= 15 is 0 Å². The number of hydrogen-bond donors (Lipinski definition) is 3. The number of carbonyl (C=O) groups is 2. The largest absolute Gasteiger partial charge is 0.508 e. The van der Waals surface area contributed by atoms with Gasteiger partial charge in [-0.3, -0.25) is 4.79 Å². The molecule has 1 atom stereocenters. The predicted octanol–water partition coefficient (Wildman–Crippen LogP) is 2.83. The maximum Gasteiger partial charge on any atom is 0.337 e. The normalized spacial score (nSPS) is 11.7. The van der Waals surface area contributed by atoms with Crippen molar-refractivity contribution in [1.29, 1.82) is 0 Å². The highest BCUT2D eigenvalue weighted by Gasteiger charge is 2.20. The number of benzene rings is 2. The van der Waals surface area contributed by atoms with Crippen molar-refractivity contribution in [2.75, 3.05) is 5.32 Å². The van der Waals surface area contributed by atoms with E-state index < -0.39 is 11.9 Å². The summed E-state index contributed by atoms with van der Waals surface area (Å²) in [6.07, 6.45) is 0. The molecule has 2 rings (SSSR count). The minimum absolute atomic E-state index is 0.0235. The van der Waals surface area contributed by atoms with Gasteiger partial charge < -0.3 is 15.5 Å². The molecule has 1 unspecified atom stereocenters. The minimum Gasteiger partial charge on any atom is -0.508 e. The molecule has 21 heavy (non-hydrogen) atoms. The molecule has 0 aliphatic heterocycles. The van der Waals surface area contributed by atoms with Crippen molar-refractivity contribution in [3.63, 3.8) is 0 Å². The Kier molecular flexibility index (Phi) is 4.23. The Morgan fingerprint density at radius 3 is 2.33 bits per heavy atom. The smallest absolute Gasteiger partial charge is 0.337 e. The van der Waals surface area contributed by atoms with Crippen molar-refractivity contribution in [3.8, 4) is 5.75 Å². The van der Waals surface area contributed by atoms with E-state index in [4.69, 9.17) is 5.11 Å². The third kappa shape index (κ3) is 3.20. The van der Waals surface area contributed by atoms with Gasteiger partial charge in [0.1, 0.15) is 5.75 Å². The van der Waals surface area contributed by atoms with Gasteiger partial charge in [0, 0.05) is 5.56 Å². The summed E-state index contributed by atoms with van der Waals surface area (Å²) in [6.45, 7) is 1.65. The Morgan fingerprint density at radius 2 is 1.67 bits per heavy atom. The van der Waals surface area contributed by atoms with Crippen LogP contribution >= 0.6 is 0 Å². The number of phenols is 1. The number of carboxylic acids is 1. The fourth-order valence-corrected chi connectivity index (χ4v) is 2.01. The molecule has 0 spiro atoms. The number of rotatable bonds is 4. The average Bonchev–Trinajstić information content (AvgIpc) is 2.47. The molecule has 1 amide bonds. The third-order valence-electron chi connectivity index (χ3n) is 3.21. The molecule has 0 heterocycles. The number of aromatic carboxylic acids is 1. The van der Waals surface area contributed by atoms with Crippen molar-refractivity contribution in [2.24, 2.45) is 0 Å². The first-order chi connectivity index (χ1) is 10.0. The van der Waals surface area contributed by atoms with E-state index in [0.717, 1.165) is 0 Å². The van der Waals surface area contributed by atoms with Crippen LogP contribution in [0, 0.1) is 0 Å². The molecule has 2 aromatic carbocycles. The summed E-state index contributed by atoms with van der Waals surface area (Å²) >= 11 is 0. The van der Waals surface area contributed by atoms with Gasteiger partial charge in [-0.15, -0.1) is 0 Å². The van der Waals surface area contributed by atoms with Crippen LogP contribution in [-0.4, -0.2) is 22.1 Å². The summed E-state index contributed by atoms with van der Waals surface area (Å²) in [5.74, 6) is -2.06. The Balaban J connectivity index is 2.23. The van der Waals surface area contributed by atoms with Gasteiger partial charge in [-0.2, -0.15) is 0 Å². The van der Waals surface area contributed by atoms with Gasteiger partial charge in [0.05, 0.1) is 17.2 Å². The second-order valence-electron chi connectivity index (χ2n) is 4.62. The van der Waals surface area contributed by atoms with Crippen molar-refractivity contribution in [1.82, 2.24) is 0 Å². The Morgan fingerprint density at radius 1 is 1.05 bits per heavy atom. The lowest BCUT2D eigenvalue weighted by molar-refractivity contribution is -0.117. The molecule has 0 aliphatic carbocycles. The van der Waals surface area contributed by atoms with Crippen LogP contribution in [0.15, 0.2) is 48.5 Å². The zero-order valence-corrected chi connectivity index (χ0v) is 11.4. The van der Waals surface area contributed by atoms with Gasteiger partial charge in [-0.25, -0.2) is 4.79 Å². The van der Waals surface area contributed by atoms with Crippen LogP contribution in [0.25, 0.3) is 0 Å². The summed E-state index contributed by atoms with van der Waals surface area (Å²) in [7, 11) is 0. The number of aromatic hydroxyl groups is 1. The van der Waals surface area contributed by atoms with Crippen molar-refractivity contribution < 1.29 is 19.8 Å². The summed E-state index contributed by atoms with van der Waals surface area (Å²) in [4.78, 5) is 23.3. The highest BCUT2D eigenvalue weighted by Crippen LogP contribution is 2.26. The lowest BCUT2D eigenvalue weighted by Gasteiger charge is -2.15. The number of para-hydroxylation sites is 2. The summed E-state index contributed by atoms with van der Waals surface area (Å²) in [5.41, 5.74) is 0.746. The number of amides is 1. The fourth-order valence-electron chi connectivity index (χ4n) is 2.01. The molecule has 2 aromatic rings. The van der Waals surface area contributed by atoms with Crippen LogP contribution in [0.3, 0.4) is 0 Å². The Labute approximate surface area is 121 Å². The number of hydrogen-bond acceptors (Lipinski definition) is 3. The molecule has 0 aliphatic rings. The van der Waals surface area contributed by atoms with Crippen LogP contribution in [0.4, 0.5) is 5.69 Å². The number of anilines is 1. The molecule has 0 saturated carbocycles. The third-order valence-corrected chi connectivity index (χ3v) is 3.21. The van der Waals surface area contributed by atoms with Crippen LogP contribution in [0.1, 0.15) is 28.8 Å². The van der Waals surface area contributed by atoms with E-state index in [2.05, 4.69) is 5.32 Å². The fraction of sp³-hybridized carbons (Fsp3) is 0.125. The molecule has 0 fully saturated rings. The Hall–Kier alpha value is -2.82. The lowest BCUT2D eigenvalue weighted by Crippen LogP contribution is -2.20. The number of carboxylic acid groups (broad SMARTS) is 1. The standard InChI is InChI=1S/C16H15NO4/c1-10(11-6-3-5-9-14(11)18)15(19)17-13-8-4-2-7-12(13)16(20)21/h2-10,18H,1H3,(H,17,19)(H,20,21). The highest BCUT2D eigenvalue weighted by molar-refractivity contribution is 6.02. The monoisotopic (exact) mass is 285 g/mol. The molecule has 0 bridgehead atoms. The average molecular weight is 285 g/mol. The van der Waals surface area contributed by atoms with Crippen LogP contribution in [0.5, 0.6) is 5.75 Å². The van der Waals surface area contributed by atoms with E-state index in [0.29, 0.717) is 5.56 Å². The van der Waals surface area contributed by atoms with Crippen LogP contribution in [-0.2, 0) is 4.79 Å². The molecule has 0 aromatic heterocycles. The first-order valence-electron chi connectivity index (χ1n) is 6.41. The minimum atomic E-state index is -1.11. The van der Waals surface area contributed by atoms with E-state index in [9.17, 15) is 14.7 Å². The van der Waals surface area contributed by atoms with Crippen LogP contribution in [0.2, 0.25) is 0 Å². The second-order valence-corrected chi connectivity index (χ2v) is 4.62. The van der Waals surface area contributed by atoms with Gasteiger partial charge in [-0.05, 0) is 25.1 Å². The maximum absolute atomic E-state index is 12.2. The number of nitrogens with one attached hydrogen (secondary N) is 1. The van der Waals surface area contributed by atoms with Crippen molar-refractivity contribution >= 4 is 17.6 Å². The first-order valence-corrected chi connectivity index (χ1v) is 6.41. The molecule has 108 valence electrons. The van der Waals surface area contributed by atoms with E-state index in [1.165, 1.54) is 18.2 Å². The highest BCUT2D eigenvalue weighted by atomic mass is 16.4. The van der Waals surface area contributed by atoms with Gasteiger partial charge in [0.15, 0.2) is 0 Å². The predicted molar refractivity (Wildman–Crippen MR) is 78.6 cm³/mol. The van der Waals surface area contributed by atoms with Crippen LogP contribution < -0.4 is 5.32 Å².